The van der Waals surface area contributed by atoms with Gasteiger partial charge in [0.05, 0.1) is 6.54 Å². The lowest BCUT2D eigenvalue weighted by molar-refractivity contribution is 0.682. The van der Waals surface area contributed by atoms with Crippen LogP contribution in [0.4, 0.5) is 11.6 Å². The number of imidazole rings is 1. The summed E-state index contributed by atoms with van der Waals surface area (Å²) in [5.74, 6) is 2.83. The predicted molar refractivity (Wildman–Crippen MR) is 76.4 cm³/mol. The Bertz CT molecular complexity index is 533. The first-order chi connectivity index (χ1) is 9.11. The van der Waals surface area contributed by atoms with E-state index in [4.69, 9.17) is 0 Å². The summed E-state index contributed by atoms with van der Waals surface area (Å²) >= 11 is 0. The van der Waals surface area contributed by atoms with E-state index in [1.54, 1.807) is 6.33 Å². The largest absolute Gasteiger partial charge is 0.363 e. The van der Waals surface area contributed by atoms with Crippen LogP contribution in [0.2, 0.25) is 0 Å². The molecule has 19 heavy (non-hydrogen) atoms. The topological polar surface area (TPSA) is 50.1 Å². The Morgan fingerprint density at radius 2 is 1.84 bits per heavy atom. The molecule has 0 aliphatic heterocycles. The van der Waals surface area contributed by atoms with Gasteiger partial charge < -0.3 is 14.4 Å². The SMILES string of the molecule is CCn1ccnc1CN(C)c1cc(N(C)C)ncn1. The highest BCUT2D eigenvalue weighted by Crippen LogP contribution is 2.16. The van der Waals surface area contributed by atoms with Crippen molar-refractivity contribution in [1.82, 2.24) is 19.5 Å². The third-order valence-corrected chi connectivity index (χ3v) is 3.01. The zero-order valence-electron chi connectivity index (χ0n) is 11.9. The first-order valence-electron chi connectivity index (χ1n) is 6.32. The van der Waals surface area contributed by atoms with Crippen LogP contribution in [0.25, 0.3) is 0 Å². The fraction of sp³-hybridized carbons (Fsp3) is 0.462. The van der Waals surface area contributed by atoms with E-state index in [1.807, 2.05) is 44.5 Å². The molecule has 6 nitrogen and oxygen atoms in total. The molecule has 2 aromatic heterocycles. The monoisotopic (exact) mass is 260 g/mol. The van der Waals surface area contributed by atoms with Gasteiger partial charge in [0, 0.05) is 46.1 Å². The maximum absolute atomic E-state index is 4.38. The molecule has 0 aliphatic carbocycles. The Morgan fingerprint density at radius 3 is 2.53 bits per heavy atom. The molecule has 0 saturated heterocycles. The third kappa shape index (κ3) is 3.01. The summed E-state index contributed by atoms with van der Waals surface area (Å²) in [6.45, 7) is 3.76. The van der Waals surface area contributed by atoms with Crippen LogP contribution < -0.4 is 9.80 Å². The van der Waals surface area contributed by atoms with Crippen molar-refractivity contribution in [2.24, 2.45) is 0 Å². The highest BCUT2D eigenvalue weighted by atomic mass is 15.2. The molecule has 0 spiro atoms. The zero-order valence-corrected chi connectivity index (χ0v) is 11.9. The second kappa shape index (κ2) is 5.69. The van der Waals surface area contributed by atoms with Gasteiger partial charge in [-0.15, -0.1) is 0 Å². The smallest absolute Gasteiger partial charge is 0.134 e. The number of aromatic nitrogens is 4. The van der Waals surface area contributed by atoms with Crippen LogP contribution >= 0.6 is 0 Å². The van der Waals surface area contributed by atoms with Crippen LogP contribution in [0, 0.1) is 0 Å². The highest BCUT2D eigenvalue weighted by molar-refractivity contribution is 5.48. The van der Waals surface area contributed by atoms with Crippen molar-refractivity contribution in [2.75, 3.05) is 30.9 Å². The van der Waals surface area contributed by atoms with Gasteiger partial charge >= 0.3 is 0 Å². The van der Waals surface area contributed by atoms with Crippen molar-refractivity contribution in [3.05, 3.63) is 30.6 Å². The number of hydrogen-bond donors (Lipinski definition) is 0. The fourth-order valence-electron chi connectivity index (χ4n) is 1.86. The summed E-state index contributed by atoms with van der Waals surface area (Å²) in [5.41, 5.74) is 0. The number of hydrogen-bond acceptors (Lipinski definition) is 5. The minimum atomic E-state index is 0.727. The van der Waals surface area contributed by atoms with Gasteiger partial charge in [0.15, 0.2) is 0 Å². The molecule has 0 bridgehead atoms. The van der Waals surface area contributed by atoms with Gasteiger partial charge in [0.25, 0.3) is 0 Å². The molecule has 0 radical (unpaired) electrons. The van der Waals surface area contributed by atoms with E-state index in [2.05, 4.69) is 31.3 Å². The standard InChI is InChI=1S/C13H20N6/c1-5-19-7-6-14-13(19)9-18(4)12-8-11(17(2)3)15-10-16-12/h6-8,10H,5,9H2,1-4H3. The Labute approximate surface area is 113 Å². The molecule has 0 atom stereocenters. The van der Waals surface area contributed by atoms with E-state index in [1.165, 1.54) is 0 Å². The van der Waals surface area contributed by atoms with Gasteiger partial charge in [-0.1, -0.05) is 0 Å². The summed E-state index contributed by atoms with van der Waals surface area (Å²) in [6.07, 6.45) is 5.42. The minimum Gasteiger partial charge on any atom is -0.363 e. The maximum atomic E-state index is 4.38. The van der Waals surface area contributed by atoms with Crippen molar-refractivity contribution < 1.29 is 0 Å². The maximum Gasteiger partial charge on any atom is 0.134 e. The molecule has 102 valence electrons. The van der Waals surface area contributed by atoms with Crippen molar-refractivity contribution in [3.63, 3.8) is 0 Å². The van der Waals surface area contributed by atoms with Crippen LogP contribution in [0.3, 0.4) is 0 Å². The lowest BCUT2D eigenvalue weighted by atomic mass is 10.4. The molecule has 2 rings (SSSR count). The molecule has 0 aliphatic rings. The zero-order chi connectivity index (χ0) is 13.8. The molecule has 0 N–H and O–H groups in total. The van der Waals surface area contributed by atoms with Crippen LogP contribution in [0.1, 0.15) is 12.7 Å². The van der Waals surface area contributed by atoms with E-state index in [0.717, 1.165) is 30.5 Å². The number of aryl methyl sites for hydroxylation is 1. The second-order valence-electron chi connectivity index (χ2n) is 4.61. The van der Waals surface area contributed by atoms with E-state index in [9.17, 15) is 0 Å². The Kier molecular flexibility index (Phi) is 3.99. The van der Waals surface area contributed by atoms with Gasteiger partial charge in [0.2, 0.25) is 0 Å². The summed E-state index contributed by atoms with van der Waals surface area (Å²) in [6, 6.07) is 1.97. The van der Waals surface area contributed by atoms with E-state index >= 15 is 0 Å². The summed E-state index contributed by atoms with van der Waals surface area (Å²) in [5, 5.41) is 0. The van der Waals surface area contributed by atoms with Gasteiger partial charge in [-0.05, 0) is 6.92 Å². The second-order valence-corrected chi connectivity index (χ2v) is 4.61. The van der Waals surface area contributed by atoms with Crippen LogP contribution in [0.15, 0.2) is 24.8 Å². The third-order valence-electron chi connectivity index (χ3n) is 3.01. The average molecular weight is 260 g/mol. The average Bonchev–Trinajstić information content (AvgIpc) is 2.86. The van der Waals surface area contributed by atoms with E-state index < -0.39 is 0 Å². The van der Waals surface area contributed by atoms with E-state index in [0.29, 0.717) is 0 Å². The van der Waals surface area contributed by atoms with Gasteiger partial charge in [-0.2, -0.15) is 0 Å². The molecule has 0 aromatic carbocycles. The molecular formula is C13H20N6. The normalized spacial score (nSPS) is 10.5. The summed E-state index contributed by atoms with van der Waals surface area (Å²) in [4.78, 5) is 16.9. The molecule has 6 heteroatoms. The van der Waals surface area contributed by atoms with Crippen LogP contribution in [-0.2, 0) is 13.1 Å². The molecule has 0 saturated carbocycles. The van der Waals surface area contributed by atoms with Gasteiger partial charge in [-0.3, -0.25) is 0 Å². The van der Waals surface area contributed by atoms with Crippen molar-refractivity contribution >= 4 is 11.6 Å². The Hall–Kier alpha value is -2.11. The van der Waals surface area contributed by atoms with Crippen LogP contribution in [0.5, 0.6) is 0 Å². The summed E-state index contributed by atoms with van der Waals surface area (Å²) in [7, 11) is 5.95. The molecule has 0 unspecified atom stereocenters. The minimum absolute atomic E-state index is 0.727. The Morgan fingerprint density at radius 1 is 1.11 bits per heavy atom. The molecule has 2 heterocycles. The number of nitrogens with zero attached hydrogens (tertiary/aromatic N) is 6. The number of anilines is 2. The quantitative estimate of drug-likeness (QED) is 0.813. The van der Waals surface area contributed by atoms with Crippen LogP contribution in [-0.4, -0.2) is 40.7 Å². The van der Waals surface area contributed by atoms with E-state index in [-0.39, 0.29) is 0 Å². The molecule has 0 amide bonds. The molecular weight excluding hydrogens is 240 g/mol. The first-order valence-corrected chi connectivity index (χ1v) is 6.32. The lowest BCUT2D eigenvalue weighted by Crippen LogP contribution is -2.21. The van der Waals surface area contributed by atoms with Gasteiger partial charge in [-0.25, -0.2) is 15.0 Å². The van der Waals surface area contributed by atoms with Crippen molar-refractivity contribution in [1.29, 1.82) is 0 Å². The number of rotatable bonds is 5. The fourth-order valence-corrected chi connectivity index (χ4v) is 1.86. The first kappa shape index (κ1) is 13.3. The predicted octanol–water partition coefficient (Wildman–Crippen LogP) is 1.40. The Balaban J connectivity index is 2.15. The summed E-state index contributed by atoms with van der Waals surface area (Å²) < 4.78 is 2.13. The van der Waals surface area contributed by atoms with Crippen molar-refractivity contribution in [2.45, 2.75) is 20.0 Å². The highest BCUT2D eigenvalue weighted by Gasteiger charge is 2.09. The van der Waals surface area contributed by atoms with Gasteiger partial charge in [0.1, 0.15) is 23.8 Å². The molecule has 2 aromatic rings. The lowest BCUT2D eigenvalue weighted by Gasteiger charge is -2.20. The van der Waals surface area contributed by atoms with Crippen molar-refractivity contribution in [3.8, 4) is 0 Å². The molecule has 0 fully saturated rings.